The molecule has 6 heteroatoms. The first-order valence-electron chi connectivity index (χ1n) is 6.30. The van der Waals surface area contributed by atoms with Crippen LogP contribution in [0.5, 0.6) is 0 Å². The van der Waals surface area contributed by atoms with Gasteiger partial charge in [-0.3, -0.25) is 5.41 Å². The molecule has 1 saturated carbocycles. The summed E-state index contributed by atoms with van der Waals surface area (Å²) in [5, 5.41) is 14.2. The SMILES string of the molecule is N#CC1CCC(c2cc(Br)c(C(N)=NC=[NH2+])[nH]2)CC1. The number of nitrogens with two attached hydrogens (primary N) is 2. The third-order valence-corrected chi connectivity index (χ3v) is 4.24. The van der Waals surface area contributed by atoms with E-state index in [1.807, 2.05) is 6.07 Å². The molecule has 0 amide bonds. The number of H-pyrrole nitrogens is 1. The zero-order valence-electron chi connectivity index (χ0n) is 10.6. The Labute approximate surface area is 120 Å². The van der Waals surface area contributed by atoms with Crippen molar-refractivity contribution in [1.29, 1.82) is 5.26 Å². The largest absolute Gasteiger partial charge is 0.361 e. The Morgan fingerprint density at radius 1 is 1.53 bits per heavy atom. The van der Waals surface area contributed by atoms with Gasteiger partial charge < -0.3 is 10.7 Å². The van der Waals surface area contributed by atoms with Crippen LogP contribution < -0.4 is 11.1 Å². The van der Waals surface area contributed by atoms with Crippen LogP contribution in [-0.4, -0.2) is 17.2 Å². The third kappa shape index (κ3) is 3.04. The van der Waals surface area contributed by atoms with Gasteiger partial charge in [0.25, 0.3) is 12.2 Å². The van der Waals surface area contributed by atoms with E-state index >= 15 is 0 Å². The first kappa shape index (κ1) is 13.8. The second-order valence-electron chi connectivity index (χ2n) is 4.79. The first-order valence-corrected chi connectivity index (χ1v) is 7.10. The highest BCUT2D eigenvalue weighted by molar-refractivity contribution is 9.10. The topological polar surface area (TPSA) is 104 Å². The summed E-state index contributed by atoms with van der Waals surface area (Å²) in [4.78, 5) is 7.19. The molecule has 5 N–H and O–H groups in total. The molecule has 1 aromatic heterocycles. The molecule has 0 radical (unpaired) electrons. The van der Waals surface area contributed by atoms with Gasteiger partial charge in [-0.15, -0.1) is 0 Å². The molecular formula is C13H17BrN5+. The monoisotopic (exact) mass is 322 g/mol. The lowest BCUT2D eigenvalue weighted by molar-refractivity contribution is -0.106. The van der Waals surface area contributed by atoms with Gasteiger partial charge in [0.15, 0.2) is 0 Å². The molecule has 5 nitrogen and oxygen atoms in total. The Bertz CT molecular complexity index is 532. The lowest BCUT2D eigenvalue weighted by atomic mass is 9.81. The van der Waals surface area contributed by atoms with Crippen LogP contribution in [0.3, 0.4) is 0 Å². The van der Waals surface area contributed by atoms with E-state index in [0.717, 1.165) is 41.5 Å². The van der Waals surface area contributed by atoms with Crippen molar-refractivity contribution in [1.82, 2.24) is 4.98 Å². The van der Waals surface area contributed by atoms with Crippen molar-refractivity contribution in [3.63, 3.8) is 0 Å². The summed E-state index contributed by atoms with van der Waals surface area (Å²) in [5.74, 6) is 1.04. The molecule has 1 aliphatic carbocycles. The average Bonchev–Trinajstić information content (AvgIpc) is 2.81. The van der Waals surface area contributed by atoms with Gasteiger partial charge in [-0.1, -0.05) is 0 Å². The van der Waals surface area contributed by atoms with Gasteiger partial charge >= 0.3 is 0 Å². The molecule has 100 valence electrons. The number of nitrogens with zero attached hydrogens (tertiary/aromatic N) is 2. The van der Waals surface area contributed by atoms with Gasteiger partial charge in [0.1, 0.15) is 5.69 Å². The predicted octanol–water partition coefficient (Wildman–Crippen LogP) is 1.07. The third-order valence-electron chi connectivity index (χ3n) is 3.61. The molecular weight excluding hydrogens is 306 g/mol. The fourth-order valence-corrected chi connectivity index (χ4v) is 3.08. The highest BCUT2D eigenvalue weighted by Gasteiger charge is 2.24. The number of halogens is 1. The number of nitriles is 1. The molecule has 1 aromatic rings. The number of aromatic nitrogens is 1. The van der Waals surface area contributed by atoms with Crippen LogP contribution in [-0.2, 0) is 0 Å². The summed E-state index contributed by atoms with van der Waals surface area (Å²) < 4.78 is 0.896. The van der Waals surface area contributed by atoms with Crippen molar-refractivity contribution in [2.45, 2.75) is 31.6 Å². The van der Waals surface area contributed by atoms with Crippen molar-refractivity contribution in [3.05, 3.63) is 21.9 Å². The predicted molar refractivity (Wildman–Crippen MR) is 77.5 cm³/mol. The molecule has 1 aliphatic rings. The number of hydrogen-bond acceptors (Lipinski definition) is 1. The van der Waals surface area contributed by atoms with E-state index in [4.69, 9.17) is 16.4 Å². The van der Waals surface area contributed by atoms with Crippen LogP contribution in [0, 0.1) is 17.2 Å². The van der Waals surface area contributed by atoms with Gasteiger partial charge in [0.05, 0.1) is 6.07 Å². The van der Waals surface area contributed by atoms with Crippen molar-refractivity contribution in [3.8, 4) is 6.07 Å². The maximum absolute atomic E-state index is 8.92. The lowest BCUT2D eigenvalue weighted by Gasteiger charge is -2.23. The maximum atomic E-state index is 8.92. The number of amidine groups is 1. The Morgan fingerprint density at radius 2 is 2.21 bits per heavy atom. The van der Waals surface area contributed by atoms with Crippen molar-refractivity contribution in [2.24, 2.45) is 16.6 Å². The molecule has 0 aromatic carbocycles. The molecule has 0 spiro atoms. The van der Waals surface area contributed by atoms with E-state index in [1.54, 1.807) is 0 Å². The van der Waals surface area contributed by atoms with Gasteiger partial charge in [0, 0.05) is 16.1 Å². The van der Waals surface area contributed by atoms with E-state index in [1.165, 1.54) is 6.34 Å². The number of hydrogen-bond donors (Lipinski definition) is 3. The molecule has 19 heavy (non-hydrogen) atoms. The highest BCUT2D eigenvalue weighted by atomic mass is 79.9. The maximum Gasteiger partial charge on any atom is 0.280 e. The second-order valence-corrected chi connectivity index (χ2v) is 5.64. The Morgan fingerprint density at radius 3 is 2.79 bits per heavy atom. The Hall–Kier alpha value is -1.61. The summed E-state index contributed by atoms with van der Waals surface area (Å²) in [7, 11) is 0. The van der Waals surface area contributed by atoms with Crippen molar-refractivity contribution < 1.29 is 5.41 Å². The molecule has 0 bridgehead atoms. The smallest absolute Gasteiger partial charge is 0.280 e. The van der Waals surface area contributed by atoms with Gasteiger partial charge in [-0.05, 0) is 58.6 Å². The molecule has 0 saturated heterocycles. The fourth-order valence-electron chi connectivity index (χ4n) is 2.53. The van der Waals surface area contributed by atoms with Crippen LogP contribution in [0.4, 0.5) is 0 Å². The van der Waals surface area contributed by atoms with Gasteiger partial charge in [-0.25, -0.2) is 0 Å². The van der Waals surface area contributed by atoms with E-state index in [2.05, 4.69) is 32.0 Å². The molecule has 0 unspecified atom stereocenters. The van der Waals surface area contributed by atoms with Crippen molar-refractivity contribution >= 4 is 28.1 Å². The second kappa shape index (κ2) is 6.02. The average molecular weight is 323 g/mol. The lowest BCUT2D eigenvalue weighted by Crippen LogP contribution is -2.30. The quantitative estimate of drug-likeness (QED) is 0.572. The van der Waals surface area contributed by atoms with E-state index < -0.39 is 0 Å². The zero-order valence-corrected chi connectivity index (χ0v) is 12.2. The summed E-state index contributed by atoms with van der Waals surface area (Å²) >= 11 is 3.48. The number of nitrogens with one attached hydrogen (secondary N) is 1. The minimum atomic E-state index is 0.215. The number of aliphatic imine (C=N–C) groups is 1. The summed E-state index contributed by atoms with van der Waals surface area (Å²) in [6.45, 7) is 0. The molecule has 1 fully saturated rings. The van der Waals surface area contributed by atoms with E-state index in [9.17, 15) is 0 Å². The number of aromatic amines is 1. The molecule has 2 rings (SSSR count). The zero-order chi connectivity index (χ0) is 13.8. The van der Waals surface area contributed by atoms with Crippen LogP contribution in [0.2, 0.25) is 0 Å². The van der Waals surface area contributed by atoms with Crippen LogP contribution in [0.25, 0.3) is 0 Å². The fraction of sp³-hybridized carbons (Fsp3) is 0.462. The Kier molecular flexibility index (Phi) is 4.38. The van der Waals surface area contributed by atoms with E-state index in [-0.39, 0.29) is 5.92 Å². The summed E-state index contributed by atoms with van der Waals surface area (Å²) in [6, 6.07) is 4.40. The number of rotatable bonds is 3. The van der Waals surface area contributed by atoms with Crippen LogP contribution >= 0.6 is 15.9 Å². The normalized spacial score (nSPS) is 23.9. The molecule has 1 heterocycles. The van der Waals surface area contributed by atoms with E-state index in [0.29, 0.717) is 11.8 Å². The standard InChI is InChI=1S/C13H16BrN5/c14-10-5-11(19-12(10)13(17)18-7-16)9-3-1-8(6-15)2-4-9/h5,7-9,19H,1-4H2,(H3,16,17,18)/p+1. The van der Waals surface area contributed by atoms with Gasteiger partial charge in [0.2, 0.25) is 0 Å². The van der Waals surface area contributed by atoms with Crippen molar-refractivity contribution in [2.75, 3.05) is 0 Å². The Balaban J connectivity index is 2.15. The van der Waals surface area contributed by atoms with Gasteiger partial charge in [-0.2, -0.15) is 5.26 Å². The molecule has 0 aliphatic heterocycles. The molecule has 0 atom stereocenters. The summed E-state index contributed by atoms with van der Waals surface area (Å²) in [6.07, 6.45) is 5.18. The van der Waals surface area contributed by atoms with Crippen LogP contribution in [0.1, 0.15) is 43.0 Å². The van der Waals surface area contributed by atoms with Crippen LogP contribution in [0.15, 0.2) is 15.5 Å². The minimum absolute atomic E-state index is 0.215. The first-order chi connectivity index (χ1) is 9.15. The summed E-state index contributed by atoms with van der Waals surface area (Å²) in [5.41, 5.74) is 7.74. The minimum Gasteiger partial charge on any atom is -0.361 e. The highest BCUT2D eigenvalue weighted by Crippen LogP contribution is 2.36.